The van der Waals surface area contributed by atoms with Crippen molar-refractivity contribution >= 4 is 28.9 Å². The molecule has 1 unspecified atom stereocenters. The van der Waals surface area contributed by atoms with Crippen molar-refractivity contribution in [2.24, 2.45) is 0 Å². The maximum atomic E-state index is 6.37. The van der Waals surface area contributed by atoms with E-state index < -0.39 is 0 Å². The first-order valence-electron chi connectivity index (χ1n) is 8.55. The Morgan fingerprint density at radius 3 is 2.92 bits per heavy atom. The van der Waals surface area contributed by atoms with Crippen LogP contribution in [0, 0.1) is 0 Å². The predicted molar refractivity (Wildman–Crippen MR) is 100 cm³/mol. The minimum atomic E-state index is 0.507. The molecule has 0 spiro atoms. The Hall–Kier alpha value is -2.01. The van der Waals surface area contributed by atoms with Crippen LogP contribution in [0.15, 0.2) is 30.6 Å². The lowest BCUT2D eigenvalue weighted by atomic mass is 10.00. The average Bonchev–Trinajstić information content (AvgIpc) is 2.62. The second-order valence-electron chi connectivity index (χ2n) is 6.16. The van der Waals surface area contributed by atoms with Crippen molar-refractivity contribution in [3.05, 3.63) is 41.2 Å². The molecule has 3 N–H and O–H groups in total. The largest absolute Gasteiger partial charge is 0.393 e. The van der Waals surface area contributed by atoms with E-state index in [0.717, 1.165) is 29.4 Å². The lowest BCUT2D eigenvalue weighted by Gasteiger charge is -2.36. The summed E-state index contributed by atoms with van der Waals surface area (Å²) in [6.45, 7) is 3.80. The molecular formula is C18H24ClN5. The number of halogens is 1. The van der Waals surface area contributed by atoms with Crippen LogP contribution in [0.25, 0.3) is 0 Å². The van der Waals surface area contributed by atoms with Gasteiger partial charge in [0.1, 0.15) is 12.0 Å². The molecule has 0 bridgehead atoms. The van der Waals surface area contributed by atoms with Crippen molar-refractivity contribution in [2.75, 3.05) is 22.5 Å². The Bertz CT molecular complexity index is 691. The first-order valence-corrected chi connectivity index (χ1v) is 8.93. The number of nitrogen functional groups attached to an aromatic ring is 1. The van der Waals surface area contributed by atoms with Gasteiger partial charge in [0.05, 0.1) is 0 Å². The summed E-state index contributed by atoms with van der Waals surface area (Å²) in [5.41, 5.74) is 8.00. The lowest BCUT2D eigenvalue weighted by Crippen LogP contribution is -2.40. The van der Waals surface area contributed by atoms with Gasteiger partial charge < -0.3 is 16.0 Å². The molecule has 5 nitrogen and oxygen atoms in total. The van der Waals surface area contributed by atoms with E-state index in [1.165, 1.54) is 19.3 Å². The summed E-state index contributed by atoms with van der Waals surface area (Å²) in [5.74, 6) is 1.51. The Balaban J connectivity index is 1.79. The Morgan fingerprint density at radius 2 is 2.12 bits per heavy atom. The molecular weight excluding hydrogens is 322 g/mol. The minimum Gasteiger partial charge on any atom is -0.393 e. The smallest absolute Gasteiger partial charge is 0.157 e. The molecule has 3 rings (SSSR count). The summed E-state index contributed by atoms with van der Waals surface area (Å²) in [6, 6.07) is 8.27. The van der Waals surface area contributed by atoms with Gasteiger partial charge in [0.2, 0.25) is 0 Å². The van der Waals surface area contributed by atoms with Gasteiger partial charge in [-0.1, -0.05) is 36.7 Å². The van der Waals surface area contributed by atoms with Crippen molar-refractivity contribution in [2.45, 2.75) is 45.2 Å². The summed E-state index contributed by atoms with van der Waals surface area (Å²) in [6.07, 6.45) is 6.34. The molecule has 1 aliphatic rings. The first-order chi connectivity index (χ1) is 11.7. The zero-order chi connectivity index (χ0) is 16.9. The van der Waals surface area contributed by atoms with Crippen molar-refractivity contribution < 1.29 is 0 Å². The van der Waals surface area contributed by atoms with Gasteiger partial charge in [-0.2, -0.15) is 0 Å². The van der Waals surface area contributed by atoms with E-state index in [9.17, 15) is 0 Å². The summed E-state index contributed by atoms with van der Waals surface area (Å²) in [4.78, 5) is 11.1. The van der Waals surface area contributed by atoms with Gasteiger partial charge in [-0.3, -0.25) is 0 Å². The number of benzene rings is 1. The number of hydrogen-bond acceptors (Lipinski definition) is 5. The average molecular weight is 346 g/mol. The van der Waals surface area contributed by atoms with Crippen LogP contribution in [-0.2, 0) is 6.54 Å². The first kappa shape index (κ1) is 16.8. The number of rotatable bonds is 5. The van der Waals surface area contributed by atoms with Crippen molar-refractivity contribution in [3.8, 4) is 0 Å². The van der Waals surface area contributed by atoms with Crippen LogP contribution in [0.2, 0.25) is 5.02 Å². The van der Waals surface area contributed by atoms with Crippen LogP contribution in [-0.4, -0.2) is 22.6 Å². The number of nitrogens with one attached hydrogen (secondary N) is 1. The van der Waals surface area contributed by atoms with Crippen LogP contribution >= 0.6 is 11.6 Å². The van der Waals surface area contributed by atoms with E-state index >= 15 is 0 Å². The van der Waals surface area contributed by atoms with E-state index in [1.807, 2.05) is 24.3 Å². The van der Waals surface area contributed by atoms with E-state index in [0.29, 0.717) is 24.1 Å². The second kappa shape index (κ2) is 7.71. The van der Waals surface area contributed by atoms with Gasteiger partial charge >= 0.3 is 0 Å². The third-order valence-electron chi connectivity index (χ3n) is 4.64. The fourth-order valence-corrected chi connectivity index (χ4v) is 3.48. The van der Waals surface area contributed by atoms with Crippen LogP contribution in [0.4, 0.5) is 17.3 Å². The predicted octanol–water partition coefficient (Wildman–Crippen LogP) is 4.09. The van der Waals surface area contributed by atoms with Crippen molar-refractivity contribution in [1.29, 1.82) is 0 Å². The van der Waals surface area contributed by atoms with Crippen LogP contribution in [0.1, 0.15) is 38.2 Å². The van der Waals surface area contributed by atoms with E-state index in [4.69, 9.17) is 17.3 Å². The summed E-state index contributed by atoms with van der Waals surface area (Å²) in [5, 5.41) is 4.03. The molecule has 1 aliphatic heterocycles. The lowest BCUT2D eigenvalue weighted by molar-refractivity contribution is 0.447. The van der Waals surface area contributed by atoms with Crippen molar-refractivity contribution in [1.82, 2.24) is 9.97 Å². The highest BCUT2D eigenvalue weighted by atomic mass is 35.5. The van der Waals surface area contributed by atoms with Crippen LogP contribution in [0.3, 0.4) is 0 Å². The molecule has 24 heavy (non-hydrogen) atoms. The topological polar surface area (TPSA) is 67.1 Å². The van der Waals surface area contributed by atoms with Gasteiger partial charge in [0.15, 0.2) is 11.6 Å². The van der Waals surface area contributed by atoms with Gasteiger partial charge in [-0.05, 0) is 37.3 Å². The fourth-order valence-electron chi connectivity index (χ4n) is 3.28. The fraction of sp³-hybridized carbons (Fsp3) is 0.444. The Labute approximate surface area is 148 Å². The molecule has 0 aliphatic carbocycles. The maximum Gasteiger partial charge on any atom is 0.157 e. The number of anilines is 3. The zero-order valence-corrected chi connectivity index (χ0v) is 14.8. The van der Waals surface area contributed by atoms with E-state index in [2.05, 4.69) is 27.1 Å². The highest BCUT2D eigenvalue weighted by Gasteiger charge is 2.24. The molecule has 1 aromatic carbocycles. The standard InChI is InChI=1S/C18H24ClN5/c1-2-14-8-5-6-10-24(14)18-16(20)17(22-12-23-18)21-11-13-7-3-4-9-15(13)19/h3-4,7,9,12,14H,2,5-6,8,10-11,20H2,1H3,(H,21,22,23). The molecule has 2 heterocycles. The van der Waals surface area contributed by atoms with Gasteiger partial charge in [0.25, 0.3) is 0 Å². The summed E-state index contributed by atoms with van der Waals surface area (Å²) in [7, 11) is 0. The Morgan fingerprint density at radius 1 is 1.29 bits per heavy atom. The second-order valence-corrected chi connectivity index (χ2v) is 6.56. The third kappa shape index (κ3) is 3.56. The molecule has 128 valence electrons. The molecule has 1 fully saturated rings. The van der Waals surface area contributed by atoms with Gasteiger partial charge in [-0.25, -0.2) is 9.97 Å². The van der Waals surface area contributed by atoms with Crippen LogP contribution in [0.5, 0.6) is 0 Å². The van der Waals surface area contributed by atoms with Crippen LogP contribution < -0.4 is 16.0 Å². The normalized spacial score (nSPS) is 17.8. The maximum absolute atomic E-state index is 6.37. The zero-order valence-electron chi connectivity index (χ0n) is 14.0. The van der Waals surface area contributed by atoms with Gasteiger partial charge in [0, 0.05) is 24.2 Å². The van der Waals surface area contributed by atoms with E-state index in [-0.39, 0.29) is 0 Å². The molecule has 6 heteroatoms. The van der Waals surface area contributed by atoms with Crippen molar-refractivity contribution in [3.63, 3.8) is 0 Å². The highest BCUT2D eigenvalue weighted by molar-refractivity contribution is 6.31. The summed E-state index contributed by atoms with van der Waals surface area (Å²) >= 11 is 6.21. The minimum absolute atomic E-state index is 0.507. The monoisotopic (exact) mass is 345 g/mol. The number of nitrogens with zero attached hydrogens (tertiary/aromatic N) is 3. The molecule has 0 amide bonds. The van der Waals surface area contributed by atoms with Gasteiger partial charge in [-0.15, -0.1) is 0 Å². The highest BCUT2D eigenvalue weighted by Crippen LogP contribution is 2.32. The molecule has 1 aromatic heterocycles. The van der Waals surface area contributed by atoms with E-state index in [1.54, 1.807) is 6.33 Å². The number of nitrogens with two attached hydrogens (primary N) is 1. The number of piperidine rings is 1. The number of hydrogen-bond donors (Lipinski definition) is 2. The molecule has 0 saturated carbocycles. The number of aromatic nitrogens is 2. The summed E-state index contributed by atoms with van der Waals surface area (Å²) < 4.78 is 0. The third-order valence-corrected chi connectivity index (χ3v) is 5.01. The molecule has 1 saturated heterocycles. The SMILES string of the molecule is CCC1CCCCN1c1ncnc(NCc2ccccc2Cl)c1N. The molecule has 1 atom stereocenters. The quantitative estimate of drug-likeness (QED) is 0.854. The molecule has 2 aromatic rings. The molecule has 0 radical (unpaired) electrons. The Kier molecular flexibility index (Phi) is 5.41.